The minimum Gasteiger partial charge on any atom is -0.390 e. The van der Waals surface area contributed by atoms with Crippen LogP contribution in [0, 0.1) is 6.92 Å². The molecule has 2 N–H and O–H groups in total. The molecule has 5 nitrogen and oxygen atoms in total. The van der Waals surface area contributed by atoms with Crippen molar-refractivity contribution >= 4 is 0 Å². The van der Waals surface area contributed by atoms with Gasteiger partial charge in [-0.15, -0.1) is 0 Å². The summed E-state index contributed by atoms with van der Waals surface area (Å²) < 4.78 is 1.29. The number of aliphatic hydroxyl groups excluding tert-OH is 1. The Morgan fingerprint density at radius 1 is 1.60 bits per heavy atom. The second kappa shape index (κ2) is 5.63. The first-order valence-electron chi connectivity index (χ1n) is 5.07. The molecule has 0 aromatic carbocycles. The van der Waals surface area contributed by atoms with Crippen molar-refractivity contribution in [1.82, 2.24) is 15.1 Å². The molecule has 5 heteroatoms. The number of rotatable bonds is 5. The number of aromatic nitrogens is 2. The average Bonchev–Trinajstić information content (AvgIpc) is 2.20. The molecule has 15 heavy (non-hydrogen) atoms. The average molecular weight is 211 g/mol. The second-order valence-electron chi connectivity index (χ2n) is 3.46. The quantitative estimate of drug-likeness (QED) is 0.690. The molecule has 0 spiro atoms. The van der Waals surface area contributed by atoms with Gasteiger partial charge >= 0.3 is 0 Å². The molecule has 1 atom stereocenters. The van der Waals surface area contributed by atoms with E-state index in [1.54, 1.807) is 6.07 Å². The summed E-state index contributed by atoms with van der Waals surface area (Å²) in [4.78, 5) is 11.3. The van der Waals surface area contributed by atoms with Gasteiger partial charge in [0.25, 0.3) is 5.56 Å². The number of nitrogens with one attached hydrogen (secondary N) is 1. The Morgan fingerprint density at radius 2 is 2.33 bits per heavy atom. The van der Waals surface area contributed by atoms with Gasteiger partial charge in [-0.3, -0.25) is 4.79 Å². The van der Waals surface area contributed by atoms with Crippen LogP contribution in [0.1, 0.15) is 12.6 Å². The van der Waals surface area contributed by atoms with E-state index in [0.717, 1.165) is 12.2 Å². The number of hydrogen-bond donors (Lipinski definition) is 2. The van der Waals surface area contributed by atoms with Gasteiger partial charge in [0.05, 0.1) is 18.3 Å². The highest BCUT2D eigenvalue weighted by Crippen LogP contribution is 1.89. The first-order chi connectivity index (χ1) is 7.13. The third-order valence-corrected chi connectivity index (χ3v) is 2.01. The first-order valence-corrected chi connectivity index (χ1v) is 5.07. The molecule has 84 valence electrons. The maximum atomic E-state index is 11.3. The van der Waals surface area contributed by atoms with Gasteiger partial charge in [-0.1, -0.05) is 6.92 Å². The lowest BCUT2D eigenvalue weighted by atomic mass is 10.3. The lowest BCUT2D eigenvalue weighted by molar-refractivity contribution is 0.145. The molecule has 1 rings (SSSR count). The van der Waals surface area contributed by atoms with E-state index in [4.69, 9.17) is 0 Å². The fourth-order valence-corrected chi connectivity index (χ4v) is 1.26. The van der Waals surface area contributed by atoms with Crippen molar-refractivity contribution < 1.29 is 5.11 Å². The van der Waals surface area contributed by atoms with Crippen molar-refractivity contribution in [3.8, 4) is 0 Å². The van der Waals surface area contributed by atoms with Crippen molar-refractivity contribution in [2.45, 2.75) is 26.5 Å². The van der Waals surface area contributed by atoms with Crippen LogP contribution >= 0.6 is 0 Å². The van der Waals surface area contributed by atoms with Crippen LogP contribution in [-0.4, -0.2) is 34.1 Å². The van der Waals surface area contributed by atoms with E-state index in [9.17, 15) is 9.90 Å². The Bertz CT molecular complexity index is 362. The van der Waals surface area contributed by atoms with Gasteiger partial charge in [-0.2, -0.15) is 5.10 Å². The summed E-state index contributed by atoms with van der Waals surface area (Å²) in [5, 5.41) is 16.6. The smallest absolute Gasteiger partial charge is 0.266 e. The number of hydrogen-bond acceptors (Lipinski definition) is 4. The predicted molar refractivity (Wildman–Crippen MR) is 57.8 cm³/mol. The van der Waals surface area contributed by atoms with Gasteiger partial charge in [-0.05, 0) is 19.5 Å². The SMILES string of the molecule is CCNCC(O)Cn1nc(C)ccc1=O. The molecular formula is C10H17N3O2. The summed E-state index contributed by atoms with van der Waals surface area (Å²) in [6, 6.07) is 3.12. The van der Waals surface area contributed by atoms with Gasteiger partial charge in [0.15, 0.2) is 0 Å². The number of aliphatic hydroxyl groups is 1. The summed E-state index contributed by atoms with van der Waals surface area (Å²) in [5.41, 5.74) is 0.585. The molecule has 0 fully saturated rings. The highest BCUT2D eigenvalue weighted by Gasteiger charge is 2.06. The van der Waals surface area contributed by atoms with Crippen LogP contribution in [0.3, 0.4) is 0 Å². The zero-order valence-corrected chi connectivity index (χ0v) is 9.10. The van der Waals surface area contributed by atoms with E-state index < -0.39 is 6.10 Å². The van der Waals surface area contributed by atoms with Crippen molar-refractivity contribution in [2.24, 2.45) is 0 Å². The summed E-state index contributed by atoms with van der Waals surface area (Å²) in [5.74, 6) is 0. The second-order valence-corrected chi connectivity index (χ2v) is 3.46. The molecule has 0 amide bonds. The summed E-state index contributed by atoms with van der Waals surface area (Å²) in [6.07, 6.45) is -0.586. The van der Waals surface area contributed by atoms with Crippen LogP contribution in [0.4, 0.5) is 0 Å². The van der Waals surface area contributed by atoms with Gasteiger partial charge in [0, 0.05) is 12.6 Å². The van der Waals surface area contributed by atoms with Crippen LogP contribution in [-0.2, 0) is 6.54 Å². The fourth-order valence-electron chi connectivity index (χ4n) is 1.26. The third kappa shape index (κ3) is 3.81. The van der Waals surface area contributed by atoms with Gasteiger partial charge in [-0.25, -0.2) is 4.68 Å². The Balaban J connectivity index is 2.63. The minimum atomic E-state index is -0.586. The largest absolute Gasteiger partial charge is 0.390 e. The van der Waals surface area contributed by atoms with Gasteiger partial charge < -0.3 is 10.4 Å². The summed E-state index contributed by atoms with van der Waals surface area (Å²) in [6.45, 7) is 5.27. The number of likely N-dealkylation sites (N-methyl/N-ethyl adjacent to an activating group) is 1. The Morgan fingerprint density at radius 3 is 3.00 bits per heavy atom. The van der Waals surface area contributed by atoms with Crippen molar-refractivity contribution in [3.05, 3.63) is 28.2 Å². The molecule has 0 aliphatic heterocycles. The topological polar surface area (TPSA) is 67.2 Å². The van der Waals surface area contributed by atoms with Crippen molar-refractivity contribution in [2.75, 3.05) is 13.1 Å². The van der Waals surface area contributed by atoms with E-state index >= 15 is 0 Å². The molecule has 0 aliphatic carbocycles. The molecule has 1 unspecified atom stereocenters. The molecule has 1 heterocycles. The molecule has 0 saturated carbocycles. The fraction of sp³-hybridized carbons (Fsp3) is 0.600. The highest BCUT2D eigenvalue weighted by molar-refractivity contribution is 4.97. The lowest BCUT2D eigenvalue weighted by Gasteiger charge is -2.11. The standard InChI is InChI=1S/C10H17N3O2/c1-3-11-6-9(14)7-13-10(15)5-4-8(2)12-13/h4-5,9,11,14H,3,6-7H2,1-2H3. The number of nitrogens with zero attached hydrogens (tertiary/aromatic N) is 2. The van der Waals surface area contributed by atoms with Gasteiger partial charge in [0.2, 0.25) is 0 Å². The van der Waals surface area contributed by atoms with Crippen LogP contribution in [0.25, 0.3) is 0 Å². The number of aryl methyl sites for hydroxylation is 1. The molecule has 0 saturated heterocycles. The van der Waals surface area contributed by atoms with Crippen molar-refractivity contribution in [3.63, 3.8) is 0 Å². The molecule has 0 radical (unpaired) electrons. The molecule has 0 aliphatic rings. The molecule has 1 aromatic rings. The van der Waals surface area contributed by atoms with E-state index in [1.165, 1.54) is 10.7 Å². The van der Waals surface area contributed by atoms with E-state index in [-0.39, 0.29) is 12.1 Å². The van der Waals surface area contributed by atoms with Crippen LogP contribution in [0.2, 0.25) is 0 Å². The van der Waals surface area contributed by atoms with Gasteiger partial charge in [0.1, 0.15) is 0 Å². The van der Waals surface area contributed by atoms with E-state index in [1.807, 2.05) is 13.8 Å². The maximum Gasteiger partial charge on any atom is 0.266 e. The molecule has 0 bridgehead atoms. The summed E-state index contributed by atoms with van der Waals surface area (Å²) >= 11 is 0. The lowest BCUT2D eigenvalue weighted by Crippen LogP contribution is -2.34. The zero-order valence-electron chi connectivity index (χ0n) is 9.10. The maximum absolute atomic E-state index is 11.3. The van der Waals surface area contributed by atoms with Crippen molar-refractivity contribution in [1.29, 1.82) is 0 Å². The van der Waals surface area contributed by atoms with E-state index in [2.05, 4.69) is 10.4 Å². The minimum absolute atomic E-state index is 0.184. The van der Waals surface area contributed by atoms with Crippen LogP contribution in [0.15, 0.2) is 16.9 Å². The van der Waals surface area contributed by atoms with Crippen LogP contribution < -0.4 is 10.9 Å². The molecule has 1 aromatic heterocycles. The van der Waals surface area contributed by atoms with Crippen LogP contribution in [0.5, 0.6) is 0 Å². The Hall–Kier alpha value is -1.20. The Kier molecular flexibility index (Phi) is 4.45. The monoisotopic (exact) mass is 211 g/mol. The predicted octanol–water partition coefficient (Wildman–Crippen LogP) is -0.478. The first kappa shape index (κ1) is 11.9. The molecular weight excluding hydrogens is 194 g/mol. The Labute approximate surface area is 88.7 Å². The normalized spacial score (nSPS) is 12.7. The zero-order chi connectivity index (χ0) is 11.3. The summed E-state index contributed by atoms with van der Waals surface area (Å²) in [7, 11) is 0. The highest BCUT2D eigenvalue weighted by atomic mass is 16.3. The van der Waals surface area contributed by atoms with E-state index in [0.29, 0.717) is 6.54 Å². The third-order valence-electron chi connectivity index (χ3n) is 2.01.